The number of alkyl halides is 5. The Kier molecular flexibility index (Phi) is 3.75. The Morgan fingerprint density at radius 3 is 2.19 bits per heavy atom. The van der Waals surface area contributed by atoms with E-state index in [0.717, 1.165) is 12.1 Å². The third-order valence-electron chi connectivity index (χ3n) is 1.95. The van der Waals surface area contributed by atoms with Crippen LogP contribution in [0.2, 0.25) is 5.02 Å². The average molecular weight is 260 g/mol. The molecule has 0 saturated heterocycles. The number of benzene rings is 1. The Morgan fingerprint density at radius 2 is 1.75 bits per heavy atom. The molecule has 1 aromatic carbocycles. The van der Waals surface area contributed by atoms with Crippen LogP contribution in [0.25, 0.3) is 0 Å². The van der Waals surface area contributed by atoms with E-state index in [0.29, 0.717) is 6.07 Å². The van der Waals surface area contributed by atoms with E-state index in [1.807, 2.05) is 0 Å². The predicted molar refractivity (Wildman–Crippen MR) is 49.4 cm³/mol. The number of rotatable bonds is 2. The van der Waals surface area contributed by atoms with Gasteiger partial charge in [0.15, 0.2) is 0 Å². The molecule has 0 bridgehead atoms. The molecule has 1 atom stereocenters. The normalized spacial score (nSPS) is 14.2. The van der Waals surface area contributed by atoms with Gasteiger partial charge in [-0.3, -0.25) is 0 Å². The van der Waals surface area contributed by atoms with Gasteiger partial charge in [0.05, 0.1) is 16.6 Å². The maximum Gasteiger partial charge on any atom is 0.417 e. The summed E-state index contributed by atoms with van der Waals surface area (Å²) >= 11 is 5.32. The molecule has 0 unspecified atom stereocenters. The minimum atomic E-state index is -4.69. The van der Waals surface area contributed by atoms with Crippen LogP contribution in [0.4, 0.5) is 22.0 Å². The molecular formula is C9H7ClF5N. The highest BCUT2D eigenvalue weighted by Crippen LogP contribution is 2.36. The smallest absolute Gasteiger partial charge is 0.319 e. The minimum absolute atomic E-state index is 0.299. The third-order valence-corrected chi connectivity index (χ3v) is 2.28. The fourth-order valence-electron chi connectivity index (χ4n) is 1.11. The van der Waals surface area contributed by atoms with Crippen LogP contribution < -0.4 is 5.73 Å². The SMILES string of the molecule is N[C@H](c1ccc(Cl)c(C(F)(F)F)c1)C(F)F. The van der Waals surface area contributed by atoms with Gasteiger partial charge in [-0.2, -0.15) is 13.2 Å². The van der Waals surface area contributed by atoms with Gasteiger partial charge in [-0.25, -0.2) is 8.78 Å². The van der Waals surface area contributed by atoms with Crippen molar-refractivity contribution in [1.29, 1.82) is 0 Å². The van der Waals surface area contributed by atoms with Crippen molar-refractivity contribution in [1.82, 2.24) is 0 Å². The first kappa shape index (κ1) is 13.2. The van der Waals surface area contributed by atoms with Crippen LogP contribution in [-0.4, -0.2) is 6.43 Å². The van der Waals surface area contributed by atoms with E-state index in [1.54, 1.807) is 0 Å². The van der Waals surface area contributed by atoms with Crippen LogP contribution in [0.5, 0.6) is 0 Å². The van der Waals surface area contributed by atoms with Gasteiger partial charge in [0, 0.05) is 0 Å². The number of halogens is 6. The molecule has 0 radical (unpaired) electrons. The largest absolute Gasteiger partial charge is 0.417 e. The van der Waals surface area contributed by atoms with E-state index in [-0.39, 0.29) is 5.56 Å². The summed E-state index contributed by atoms with van der Waals surface area (Å²) in [7, 11) is 0. The van der Waals surface area contributed by atoms with Gasteiger partial charge < -0.3 is 5.73 Å². The Balaban J connectivity index is 3.18. The second-order valence-corrected chi connectivity index (χ2v) is 3.50. The van der Waals surface area contributed by atoms with Gasteiger partial charge >= 0.3 is 6.18 Å². The monoisotopic (exact) mass is 259 g/mol. The lowest BCUT2D eigenvalue weighted by atomic mass is 10.0. The average Bonchev–Trinajstić information content (AvgIpc) is 2.15. The second-order valence-electron chi connectivity index (χ2n) is 3.10. The molecule has 7 heteroatoms. The molecule has 0 aliphatic carbocycles. The summed E-state index contributed by atoms with van der Waals surface area (Å²) in [6.45, 7) is 0. The maximum atomic E-state index is 12.4. The molecule has 1 nitrogen and oxygen atoms in total. The molecule has 0 saturated carbocycles. The predicted octanol–water partition coefficient (Wildman–Crippen LogP) is 3.62. The van der Waals surface area contributed by atoms with Gasteiger partial charge in [-0.05, 0) is 17.7 Å². The summed E-state index contributed by atoms with van der Waals surface area (Å²) < 4.78 is 61.5. The van der Waals surface area contributed by atoms with Gasteiger partial charge in [0.2, 0.25) is 0 Å². The van der Waals surface area contributed by atoms with Crippen molar-refractivity contribution in [3.63, 3.8) is 0 Å². The van der Waals surface area contributed by atoms with E-state index in [4.69, 9.17) is 17.3 Å². The summed E-state index contributed by atoms with van der Waals surface area (Å²) in [5.74, 6) is 0. The summed E-state index contributed by atoms with van der Waals surface area (Å²) in [5, 5.41) is -0.544. The molecule has 0 amide bonds. The van der Waals surface area contributed by atoms with Crippen molar-refractivity contribution >= 4 is 11.6 Å². The van der Waals surface area contributed by atoms with Gasteiger partial charge in [0.25, 0.3) is 6.43 Å². The maximum absolute atomic E-state index is 12.4. The standard InChI is InChI=1S/C9H7ClF5N/c10-6-2-1-4(7(16)8(11)12)3-5(6)9(13,14)15/h1-3,7-8H,16H2/t7-/m1/s1. The first-order valence-corrected chi connectivity index (χ1v) is 4.51. The van der Waals surface area contributed by atoms with Gasteiger partial charge in [0.1, 0.15) is 0 Å². The zero-order valence-corrected chi connectivity index (χ0v) is 8.49. The summed E-state index contributed by atoms with van der Waals surface area (Å²) in [6.07, 6.45) is -7.61. The van der Waals surface area contributed by atoms with Crippen LogP contribution in [0.3, 0.4) is 0 Å². The van der Waals surface area contributed by atoms with E-state index in [2.05, 4.69) is 0 Å². The molecule has 90 valence electrons. The molecule has 0 aromatic heterocycles. The summed E-state index contributed by atoms with van der Waals surface area (Å²) in [5.41, 5.74) is 3.58. The zero-order valence-electron chi connectivity index (χ0n) is 7.73. The number of hydrogen-bond donors (Lipinski definition) is 1. The van der Waals surface area contributed by atoms with Crippen molar-refractivity contribution in [2.24, 2.45) is 5.73 Å². The molecule has 0 aliphatic heterocycles. The molecule has 16 heavy (non-hydrogen) atoms. The van der Waals surface area contributed by atoms with Crippen molar-refractivity contribution in [3.05, 3.63) is 34.3 Å². The van der Waals surface area contributed by atoms with Crippen molar-refractivity contribution in [2.45, 2.75) is 18.6 Å². The number of nitrogens with two attached hydrogens (primary N) is 1. The van der Waals surface area contributed by atoms with Gasteiger partial charge in [-0.1, -0.05) is 17.7 Å². The fraction of sp³-hybridized carbons (Fsp3) is 0.333. The molecule has 1 rings (SSSR count). The lowest BCUT2D eigenvalue weighted by Gasteiger charge is -2.14. The van der Waals surface area contributed by atoms with Crippen LogP contribution >= 0.6 is 11.6 Å². The van der Waals surface area contributed by atoms with Crippen LogP contribution in [-0.2, 0) is 6.18 Å². The molecule has 0 spiro atoms. The molecule has 0 aliphatic rings. The Bertz CT molecular complexity index is 377. The van der Waals surface area contributed by atoms with Crippen molar-refractivity contribution in [2.75, 3.05) is 0 Å². The van der Waals surface area contributed by atoms with E-state index in [1.165, 1.54) is 0 Å². The molecule has 1 aromatic rings. The Morgan fingerprint density at radius 1 is 1.19 bits per heavy atom. The Hall–Kier alpha value is -0.880. The first-order chi connectivity index (χ1) is 7.23. The first-order valence-electron chi connectivity index (χ1n) is 4.14. The highest BCUT2D eigenvalue weighted by molar-refractivity contribution is 6.31. The molecule has 2 N–H and O–H groups in total. The summed E-state index contributed by atoms with van der Waals surface area (Å²) in [4.78, 5) is 0. The highest BCUT2D eigenvalue weighted by Gasteiger charge is 2.34. The van der Waals surface area contributed by atoms with Crippen LogP contribution in [0.15, 0.2) is 18.2 Å². The minimum Gasteiger partial charge on any atom is -0.319 e. The van der Waals surface area contributed by atoms with E-state index >= 15 is 0 Å². The molecule has 0 fully saturated rings. The summed E-state index contributed by atoms with van der Waals surface area (Å²) in [6, 6.07) is 0.744. The quantitative estimate of drug-likeness (QED) is 0.807. The molecular weight excluding hydrogens is 253 g/mol. The lowest BCUT2D eigenvalue weighted by molar-refractivity contribution is -0.137. The number of hydrogen-bond acceptors (Lipinski definition) is 1. The Labute approximate surface area is 93.0 Å². The second kappa shape index (κ2) is 4.55. The topological polar surface area (TPSA) is 26.0 Å². The fourth-order valence-corrected chi connectivity index (χ4v) is 1.34. The van der Waals surface area contributed by atoms with Crippen molar-refractivity contribution < 1.29 is 22.0 Å². The lowest BCUT2D eigenvalue weighted by Crippen LogP contribution is -2.19. The van der Waals surface area contributed by atoms with E-state index < -0.39 is 29.2 Å². The third kappa shape index (κ3) is 2.82. The van der Waals surface area contributed by atoms with Gasteiger partial charge in [-0.15, -0.1) is 0 Å². The van der Waals surface area contributed by atoms with E-state index in [9.17, 15) is 22.0 Å². The van der Waals surface area contributed by atoms with Crippen LogP contribution in [0, 0.1) is 0 Å². The van der Waals surface area contributed by atoms with Crippen molar-refractivity contribution in [3.8, 4) is 0 Å². The highest BCUT2D eigenvalue weighted by atomic mass is 35.5. The van der Waals surface area contributed by atoms with Crippen LogP contribution in [0.1, 0.15) is 17.2 Å². The zero-order chi connectivity index (χ0) is 12.5. The molecule has 0 heterocycles.